The minimum absolute atomic E-state index is 0.212. The van der Waals surface area contributed by atoms with Gasteiger partial charge in [-0.25, -0.2) is 0 Å². The van der Waals surface area contributed by atoms with Crippen molar-refractivity contribution < 1.29 is 9.53 Å². The molecule has 2 aromatic rings. The highest BCUT2D eigenvalue weighted by Crippen LogP contribution is 2.28. The van der Waals surface area contributed by atoms with E-state index in [2.05, 4.69) is 13.0 Å². The number of hydrogen-bond acceptors (Lipinski definition) is 4. The second-order valence-corrected chi connectivity index (χ2v) is 5.85. The summed E-state index contributed by atoms with van der Waals surface area (Å²) in [4.78, 5) is 12.7. The van der Waals surface area contributed by atoms with E-state index in [9.17, 15) is 4.79 Å². The molecule has 0 aliphatic heterocycles. The van der Waals surface area contributed by atoms with Crippen molar-refractivity contribution in [3.05, 3.63) is 59.2 Å². The normalized spacial score (nSPS) is 10.4. The van der Waals surface area contributed by atoms with E-state index < -0.39 is 0 Å². The number of nitrogens with two attached hydrogens (primary N) is 1. The molecule has 0 amide bonds. The summed E-state index contributed by atoms with van der Waals surface area (Å²) in [6.45, 7) is 2.05. The minimum atomic E-state index is -0.212. The van der Waals surface area contributed by atoms with Crippen LogP contribution in [0.3, 0.4) is 0 Å². The highest BCUT2D eigenvalue weighted by Gasteiger charge is 2.08. The maximum atomic E-state index is 11.5. The first-order valence-corrected chi connectivity index (χ1v) is 7.71. The Balaban J connectivity index is 2.11. The first-order valence-electron chi connectivity index (χ1n) is 6.72. The molecule has 0 aliphatic rings. The lowest BCUT2D eigenvalue weighted by Gasteiger charge is -2.10. The number of carbonyl (C=O) groups excluding carboxylic acids is 1. The molecule has 0 bridgehead atoms. The molecule has 110 valence electrons. The Hall–Kier alpha value is -1.94. The van der Waals surface area contributed by atoms with Crippen molar-refractivity contribution in [2.75, 3.05) is 12.8 Å². The number of anilines is 1. The monoisotopic (exact) mass is 301 g/mol. The van der Waals surface area contributed by atoms with Gasteiger partial charge in [0, 0.05) is 16.3 Å². The maximum Gasteiger partial charge on any atom is 0.309 e. The zero-order valence-corrected chi connectivity index (χ0v) is 13.1. The van der Waals surface area contributed by atoms with Crippen LogP contribution in [0.25, 0.3) is 0 Å². The Kier molecular flexibility index (Phi) is 5.28. The minimum Gasteiger partial charge on any atom is -0.469 e. The van der Waals surface area contributed by atoms with Gasteiger partial charge in [-0.2, -0.15) is 0 Å². The summed E-state index contributed by atoms with van der Waals surface area (Å²) in [5.74, 6) is 0.605. The van der Waals surface area contributed by atoms with Gasteiger partial charge in [0.1, 0.15) is 0 Å². The van der Waals surface area contributed by atoms with E-state index >= 15 is 0 Å². The van der Waals surface area contributed by atoms with E-state index in [4.69, 9.17) is 10.5 Å². The fraction of sp³-hybridized carbons (Fsp3) is 0.235. The summed E-state index contributed by atoms with van der Waals surface area (Å²) in [6.07, 6.45) is 0.313. The average molecular weight is 301 g/mol. The number of esters is 1. The molecule has 0 aliphatic carbocycles. The van der Waals surface area contributed by atoms with Crippen molar-refractivity contribution in [1.29, 1.82) is 0 Å². The summed E-state index contributed by atoms with van der Waals surface area (Å²) in [5.41, 5.74) is 9.90. The number of hydrogen-bond donors (Lipinski definition) is 1. The molecular formula is C17H19NO2S. The lowest BCUT2D eigenvalue weighted by atomic mass is 10.1. The SMILES string of the molecule is COC(=O)Cc1ccccc1CSc1ccc(N)cc1C. The van der Waals surface area contributed by atoms with Gasteiger partial charge in [0.25, 0.3) is 0 Å². The van der Waals surface area contributed by atoms with E-state index in [1.807, 2.05) is 36.4 Å². The van der Waals surface area contributed by atoms with Gasteiger partial charge in [0.15, 0.2) is 0 Å². The van der Waals surface area contributed by atoms with Crippen molar-refractivity contribution in [2.45, 2.75) is 24.0 Å². The predicted molar refractivity (Wildman–Crippen MR) is 87.3 cm³/mol. The van der Waals surface area contributed by atoms with Gasteiger partial charge in [-0.15, -0.1) is 11.8 Å². The topological polar surface area (TPSA) is 52.3 Å². The zero-order valence-electron chi connectivity index (χ0n) is 12.3. The number of benzene rings is 2. The third-order valence-electron chi connectivity index (χ3n) is 3.26. The van der Waals surface area contributed by atoms with Gasteiger partial charge in [0.2, 0.25) is 0 Å². The molecule has 2 aromatic carbocycles. The molecule has 4 heteroatoms. The third-order valence-corrected chi connectivity index (χ3v) is 4.49. The smallest absolute Gasteiger partial charge is 0.309 e. The number of thioether (sulfide) groups is 1. The third kappa shape index (κ3) is 4.26. The van der Waals surface area contributed by atoms with Crippen LogP contribution in [-0.4, -0.2) is 13.1 Å². The van der Waals surface area contributed by atoms with E-state index in [1.54, 1.807) is 11.8 Å². The number of aryl methyl sites for hydroxylation is 1. The van der Waals surface area contributed by atoms with Crippen LogP contribution in [0.2, 0.25) is 0 Å². The molecule has 0 spiro atoms. The van der Waals surface area contributed by atoms with Crippen molar-refractivity contribution >= 4 is 23.4 Å². The van der Waals surface area contributed by atoms with Crippen LogP contribution >= 0.6 is 11.8 Å². The van der Waals surface area contributed by atoms with Crippen LogP contribution in [0.15, 0.2) is 47.4 Å². The Morgan fingerprint density at radius 2 is 1.90 bits per heavy atom. The van der Waals surface area contributed by atoms with Crippen molar-refractivity contribution in [2.24, 2.45) is 0 Å². The summed E-state index contributed by atoms with van der Waals surface area (Å²) in [5, 5.41) is 0. The fourth-order valence-electron chi connectivity index (χ4n) is 2.09. The van der Waals surface area contributed by atoms with Crippen molar-refractivity contribution in [1.82, 2.24) is 0 Å². The highest BCUT2D eigenvalue weighted by molar-refractivity contribution is 7.98. The molecule has 0 unspecified atom stereocenters. The van der Waals surface area contributed by atoms with Crippen LogP contribution in [0.4, 0.5) is 5.69 Å². The Labute approximate surface area is 129 Å². The zero-order chi connectivity index (χ0) is 15.2. The van der Waals surface area contributed by atoms with Crippen LogP contribution in [-0.2, 0) is 21.7 Å². The van der Waals surface area contributed by atoms with E-state index in [1.165, 1.54) is 17.6 Å². The van der Waals surface area contributed by atoms with E-state index in [0.29, 0.717) is 6.42 Å². The first-order chi connectivity index (χ1) is 10.1. The lowest BCUT2D eigenvalue weighted by Crippen LogP contribution is -2.06. The van der Waals surface area contributed by atoms with Crippen molar-refractivity contribution in [3.63, 3.8) is 0 Å². The molecule has 0 radical (unpaired) electrons. The first kappa shape index (κ1) is 15.4. The Morgan fingerprint density at radius 3 is 2.57 bits per heavy atom. The van der Waals surface area contributed by atoms with Crippen molar-refractivity contribution in [3.8, 4) is 0 Å². The number of carbonyl (C=O) groups is 1. The molecule has 3 nitrogen and oxygen atoms in total. The number of methoxy groups -OCH3 is 1. The van der Waals surface area contributed by atoms with Crippen LogP contribution in [0, 0.1) is 6.92 Å². The molecule has 0 atom stereocenters. The molecule has 21 heavy (non-hydrogen) atoms. The van der Waals surface area contributed by atoms with Crippen LogP contribution in [0.5, 0.6) is 0 Å². The second-order valence-electron chi connectivity index (χ2n) is 4.84. The number of ether oxygens (including phenoxy) is 1. The van der Waals surface area contributed by atoms with Gasteiger partial charge in [-0.1, -0.05) is 24.3 Å². The quantitative estimate of drug-likeness (QED) is 0.521. The van der Waals surface area contributed by atoms with Gasteiger partial charge in [0.05, 0.1) is 13.5 Å². The summed E-state index contributed by atoms with van der Waals surface area (Å²) in [7, 11) is 1.41. The second kappa shape index (κ2) is 7.18. The van der Waals surface area contributed by atoms with Gasteiger partial charge in [-0.3, -0.25) is 4.79 Å². The van der Waals surface area contributed by atoms with Gasteiger partial charge in [-0.05, 0) is 41.8 Å². The largest absolute Gasteiger partial charge is 0.469 e. The molecule has 0 saturated heterocycles. The van der Waals surface area contributed by atoms with E-state index in [-0.39, 0.29) is 5.97 Å². The molecule has 0 saturated carbocycles. The van der Waals surface area contributed by atoms with Gasteiger partial charge < -0.3 is 10.5 Å². The summed E-state index contributed by atoms with van der Waals surface area (Å²) in [6, 6.07) is 13.9. The molecule has 0 heterocycles. The summed E-state index contributed by atoms with van der Waals surface area (Å²) >= 11 is 1.75. The standard InChI is InChI=1S/C17H19NO2S/c1-12-9-15(18)7-8-16(12)21-11-14-6-4-3-5-13(14)10-17(19)20-2/h3-9H,10-11,18H2,1-2H3. The highest BCUT2D eigenvalue weighted by atomic mass is 32.2. The van der Waals surface area contributed by atoms with Crippen LogP contribution in [0.1, 0.15) is 16.7 Å². The van der Waals surface area contributed by atoms with Crippen LogP contribution < -0.4 is 5.73 Å². The number of nitrogen functional groups attached to an aromatic ring is 1. The molecule has 2 rings (SSSR count). The predicted octanol–water partition coefficient (Wildman–Crippen LogP) is 3.59. The fourth-order valence-corrected chi connectivity index (χ4v) is 3.13. The number of rotatable bonds is 5. The summed E-state index contributed by atoms with van der Waals surface area (Å²) < 4.78 is 4.74. The van der Waals surface area contributed by atoms with E-state index in [0.717, 1.165) is 22.6 Å². The molecule has 0 fully saturated rings. The molecule has 0 aromatic heterocycles. The molecule has 2 N–H and O–H groups in total. The van der Waals surface area contributed by atoms with Gasteiger partial charge >= 0.3 is 5.97 Å². The Bertz CT molecular complexity index is 640. The lowest BCUT2D eigenvalue weighted by molar-refractivity contribution is -0.139. The maximum absolute atomic E-state index is 11.5. The average Bonchev–Trinajstić information content (AvgIpc) is 2.47. The Morgan fingerprint density at radius 1 is 1.19 bits per heavy atom. The molecular weight excluding hydrogens is 282 g/mol.